The Balaban J connectivity index is 0.00000225. The maximum absolute atomic E-state index is 4.48. The number of nitrogens with zero attached hydrogens (tertiary/aromatic N) is 1. The summed E-state index contributed by atoms with van der Waals surface area (Å²) < 4.78 is 0. The summed E-state index contributed by atoms with van der Waals surface area (Å²) in [5, 5.41) is 8.52. The van der Waals surface area contributed by atoms with Crippen molar-refractivity contribution in [2.24, 2.45) is 4.99 Å². The van der Waals surface area contributed by atoms with E-state index in [-0.39, 0.29) is 24.0 Å². The van der Waals surface area contributed by atoms with Crippen LogP contribution in [0.3, 0.4) is 0 Å². The zero-order valence-electron chi connectivity index (χ0n) is 9.82. The van der Waals surface area contributed by atoms with E-state index in [4.69, 9.17) is 0 Å². The quantitative estimate of drug-likeness (QED) is 0.485. The molecule has 0 unspecified atom stereocenters. The van der Waals surface area contributed by atoms with Crippen molar-refractivity contribution < 1.29 is 0 Å². The van der Waals surface area contributed by atoms with Crippen molar-refractivity contribution in [1.29, 1.82) is 0 Å². The Labute approximate surface area is 119 Å². The first-order valence-electron chi connectivity index (χ1n) is 5.41. The molecule has 0 amide bonds. The summed E-state index contributed by atoms with van der Waals surface area (Å²) in [6, 6.07) is 4.24. The zero-order chi connectivity index (χ0) is 10.9. The van der Waals surface area contributed by atoms with Gasteiger partial charge in [0.2, 0.25) is 0 Å². The van der Waals surface area contributed by atoms with E-state index in [1.165, 1.54) is 4.88 Å². The van der Waals surface area contributed by atoms with E-state index in [1.54, 1.807) is 11.3 Å². The summed E-state index contributed by atoms with van der Waals surface area (Å²) in [7, 11) is 0. The summed E-state index contributed by atoms with van der Waals surface area (Å²) in [6.45, 7) is 6.81. The Bertz CT molecular complexity index is 277. The van der Waals surface area contributed by atoms with Gasteiger partial charge in [0.1, 0.15) is 0 Å². The van der Waals surface area contributed by atoms with Gasteiger partial charge < -0.3 is 10.6 Å². The average molecular weight is 353 g/mol. The number of rotatable bonds is 5. The third kappa shape index (κ3) is 6.32. The fraction of sp³-hybridized carbons (Fsp3) is 0.545. The van der Waals surface area contributed by atoms with Crippen LogP contribution in [0.2, 0.25) is 0 Å². The fourth-order valence-corrected chi connectivity index (χ4v) is 1.94. The first-order valence-corrected chi connectivity index (χ1v) is 6.29. The van der Waals surface area contributed by atoms with Crippen LogP contribution < -0.4 is 10.6 Å². The Kier molecular flexibility index (Phi) is 9.71. The van der Waals surface area contributed by atoms with Gasteiger partial charge in [0.25, 0.3) is 0 Å². The molecule has 1 rings (SSSR count). The molecule has 0 aromatic carbocycles. The minimum atomic E-state index is 0. The van der Waals surface area contributed by atoms with Crippen LogP contribution in [-0.4, -0.2) is 25.6 Å². The van der Waals surface area contributed by atoms with Gasteiger partial charge in [-0.25, -0.2) is 0 Å². The standard InChI is InChI=1S/C11H19N3S.HI/c1-3-12-11(13-4-2)14-8-7-10-6-5-9-15-10;/h5-6,9H,3-4,7-8H2,1-2H3,(H2,12,13,14);1H. The van der Waals surface area contributed by atoms with Gasteiger partial charge >= 0.3 is 0 Å². The predicted octanol–water partition coefficient (Wildman–Crippen LogP) is 2.48. The van der Waals surface area contributed by atoms with Gasteiger partial charge in [0.15, 0.2) is 5.96 Å². The second-order valence-electron chi connectivity index (χ2n) is 3.12. The van der Waals surface area contributed by atoms with Crippen LogP contribution in [0.25, 0.3) is 0 Å². The molecule has 0 aliphatic carbocycles. The highest BCUT2D eigenvalue weighted by atomic mass is 127. The molecular formula is C11H20IN3S. The van der Waals surface area contributed by atoms with Crippen molar-refractivity contribution in [3.63, 3.8) is 0 Å². The molecule has 92 valence electrons. The van der Waals surface area contributed by atoms with Crippen LogP contribution >= 0.6 is 35.3 Å². The molecule has 0 fully saturated rings. The molecule has 0 aliphatic heterocycles. The molecule has 0 aliphatic rings. The normalized spacial score (nSPS) is 9.12. The lowest BCUT2D eigenvalue weighted by Gasteiger charge is -2.08. The Morgan fingerprint density at radius 2 is 2.00 bits per heavy atom. The highest BCUT2D eigenvalue weighted by Crippen LogP contribution is 2.08. The third-order valence-electron chi connectivity index (χ3n) is 1.90. The molecule has 2 N–H and O–H groups in total. The monoisotopic (exact) mass is 353 g/mol. The molecule has 5 heteroatoms. The molecule has 0 bridgehead atoms. The van der Waals surface area contributed by atoms with Gasteiger partial charge in [-0.15, -0.1) is 35.3 Å². The predicted molar refractivity (Wildman–Crippen MR) is 83.1 cm³/mol. The van der Waals surface area contributed by atoms with Gasteiger partial charge in [-0.3, -0.25) is 4.99 Å². The van der Waals surface area contributed by atoms with Gasteiger partial charge in [0, 0.05) is 30.9 Å². The molecule has 0 saturated heterocycles. The van der Waals surface area contributed by atoms with Crippen molar-refractivity contribution in [1.82, 2.24) is 10.6 Å². The number of hydrogen-bond acceptors (Lipinski definition) is 2. The molecule has 1 aromatic rings. The van der Waals surface area contributed by atoms with E-state index in [0.29, 0.717) is 0 Å². The smallest absolute Gasteiger partial charge is 0.191 e. The van der Waals surface area contributed by atoms with E-state index in [1.807, 2.05) is 0 Å². The van der Waals surface area contributed by atoms with E-state index >= 15 is 0 Å². The van der Waals surface area contributed by atoms with Crippen LogP contribution in [0.15, 0.2) is 22.5 Å². The summed E-state index contributed by atoms with van der Waals surface area (Å²) in [4.78, 5) is 5.87. The minimum absolute atomic E-state index is 0. The zero-order valence-corrected chi connectivity index (χ0v) is 13.0. The van der Waals surface area contributed by atoms with Crippen molar-refractivity contribution in [2.45, 2.75) is 20.3 Å². The van der Waals surface area contributed by atoms with Gasteiger partial charge in [-0.2, -0.15) is 0 Å². The van der Waals surface area contributed by atoms with E-state index < -0.39 is 0 Å². The molecular weight excluding hydrogens is 333 g/mol. The van der Waals surface area contributed by atoms with E-state index in [2.05, 4.69) is 47.0 Å². The molecule has 0 atom stereocenters. The lowest BCUT2D eigenvalue weighted by atomic mass is 10.3. The average Bonchev–Trinajstić information content (AvgIpc) is 2.71. The Morgan fingerprint density at radius 3 is 2.50 bits per heavy atom. The molecule has 16 heavy (non-hydrogen) atoms. The van der Waals surface area contributed by atoms with Crippen molar-refractivity contribution in [3.8, 4) is 0 Å². The summed E-state index contributed by atoms with van der Waals surface area (Å²) >= 11 is 1.79. The van der Waals surface area contributed by atoms with E-state index in [0.717, 1.165) is 32.0 Å². The Hall–Kier alpha value is -0.300. The lowest BCUT2D eigenvalue weighted by molar-refractivity contribution is 0.835. The van der Waals surface area contributed by atoms with Crippen LogP contribution in [-0.2, 0) is 6.42 Å². The van der Waals surface area contributed by atoms with Crippen molar-refractivity contribution in [3.05, 3.63) is 22.4 Å². The largest absolute Gasteiger partial charge is 0.357 e. The van der Waals surface area contributed by atoms with Gasteiger partial charge in [0.05, 0.1) is 0 Å². The molecule has 0 saturated carbocycles. The first-order chi connectivity index (χ1) is 7.36. The fourth-order valence-electron chi connectivity index (χ4n) is 1.24. The first kappa shape index (κ1) is 15.7. The van der Waals surface area contributed by atoms with Gasteiger partial charge in [-0.1, -0.05) is 6.07 Å². The maximum atomic E-state index is 4.48. The third-order valence-corrected chi connectivity index (χ3v) is 2.83. The van der Waals surface area contributed by atoms with Crippen LogP contribution in [0, 0.1) is 0 Å². The highest BCUT2D eigenvalue weighted by molar-refractivity contribution is 14.0. The molecule has 0 spiro atoms. The van der Waals surface area contributed by atoms with Crippen molar-refractivity contribution >= 4 is 41.3 Å². The number of thiophene rings is 1. The molecule has 0 radical (unpaired) electrons. The topological polar surface area (TPSA) is 36.4 Å². The summed E-state index contributed by atoms with van der Waals surface area (Å²) in [5.74, 6) is 0.913. The second-order valence-corrected chi connectivity index (χ2v) is 4.15. The minimum Gasteiger partial charge on any atom is -0.357 e. The highest BCUT2D eigenvalue weighted by Gasteiger charge is 1.95. The number of guanidine groups is 1. The number of nitrogens with one attached hydrogen (secondary N) is 2. The SMILES string of the molecule is CCNC(=NCCc1cccs1)NCC.I. The Morgan fingerprint density at radius 1 is 1.31 bits per heavy atom. The molecule has 1 aromatic heterocycles. The summed E-state index contributed by atoms with van der Waals surface area (Å²) in [5.41, 5.74) is 0. The second kappa shape index (κ2) is 9.89. The molecule has 3 nitrogen and oxygen atoms in total. The lowest BCUT2D eigenvalue weighted by Crippen LogP contribution is -2.37. The number of hydrogen-bond donors (Lipinski definition) is 2. The van der Waals surface area contributed by atoms with Crippen LogP contribution in [0.5, 0.6) is 0 Å². The van der Waals surface area contributed by atoms with Crippen molar-refractivity contribution in [2.75, 3.05) is 19.6 Å². The number of aliphatic imine (C=N–C) groups is 1. The maximum Gasteiger partial charge on any atom is 0.191 e. The van der Waals surface area contributed by atoms with Crippen LogP contribution in [0.4, 0.5) is 0 Å². The molecule has 1 heterocycles. The van der Waals surface area contributed by atoms with E-state index in [9.17, 15) is 0 Å². The summed E-state index contributed by atoms with van der Waals surface area (Å²) in [6.07, 6.45) is 1.03. The van der Waals surface area contributed by atoms with Gasteiger partial charge in [-0.05, 0) is 25.3 Å². The van der Waals surface area contributed by atoms with Crippen LogP contribution in [0.1, 0.15) is 18.7 Å². The number of halogens is 1.